The van der Waals surface area contributed by atoms with Crippen molar-refractivity contribution in [3.05, 3.63) is 41.5 Å². The van der Waals surface area contributed by atoms with Crippen LogP contribution >= 0.6 is 0 Å². The molecule has 0 saturated carbocycles. The molecule has 2 amide bonds. The van der Waals surface area contributed by atoms with Crippen molar-refractivity contribution in [3.63, 3.8) is 0 Å². The number of anilines is 1. The highest BCUT2D eigenvalue weighted by Gasteiger charge is 2.09. The molecule has 1 heterocycles. The largest absolute Gasteiger partial charge is 0.478 e. The molecule has 0 saturated heterocycles. The third kappa shape index (κ3) is 3.31. The first-order valence-corrected chi connectivity index (χ1v) is 5.70. The van der Waals surface area contributed by atoms with E-state index in [-0.39, 0.29) is 12.1 Å². The molecule has 8 nitrogen and oxygen atoms in total. The number of nitrogens with one attached hydrogen (secondary N) is 2. The number of hydrogen-bond acceptors (Lipinski definition) is 5. The smallest absolute Gasteiger partial charge is 0.335 e. The number of carbonyl (C=O) groups excluding carboxylic acids is 1. The van der Waals surface area contributed by atoms with E-state index in [1.54, 1.807) is 13.0 Å². The first-order chi connectivity index (χ1) is 9.56. The van der Waals surface area contributed by atoms with Crippen LogP contribution in [0.5, 0.6) is 0 Å². The Labute approximate surface area is 113 Å². The molecule has 0 fully saturated rings. The zero-order valence-electron chi connectivity index (χ0n) is 10.6. The Bertz CT molecular complexity index is 624. The van der Waals surface area contributed by atoms with E-state index < -0.39 is 12.0 Å². The third-order valence-corrected chi connectivity index (χ3v) is 2.53. The lowest BCUT2D eigenvalue weighted by Gasteiger charge is -2.08. The normalized spacial score (nSPS) is 10.1. The Hall–Kier alpha value is -2.90. The topological polar surface area (TPSA) is 117 Å². The van der Waals surface area contributed by atoms with Gasteiger partial charge in [0.1, 0.15) is 0 Å². The molecule has 1 aromatic carbocycles. The summed E-state index contributed by atoms with van der Waals surface area (Å²) in [5.41, 5.74) is 1.26. The van der Waals surface area contributed by atoms with Crippen LogP contribution < -0.4 is 10.6 Å². The summed E-state index contributed by atoms with van der Waals surface area (Å²) >= 11 is 0. The monoisotopic (exact) mass is 276 g/mol. The molecule has 1 aromatic heterocycles. The van der Waals surface area contributed by atoms with Crippen molar-refractivity contribution in [1.29, 1.82) is 0 Å². The number of aromatic nitrogens is 2. The van der Waals surface area contributed by atoms with Crippen molar-refractivity contribution in [2.45, 2.75) is 13.5 Å². The van der Waals surface area contributed by atoms with Crippen LogP contribution in [0, 0.1) is 6.92 Å². The van der Waals surface area contributed by atoms with E-state index in [1.807, 2.05) is 0 Å². The standard InChI is InChI=1S/C12H12N4O4/c1-7-4-8(2-3-9(7)11(17)18)15-12(19)13-5-10-14-6-20-16-10/h2-4,6H,5H2,1H3,(H,17,18)(H2,13,15,19). The van der Waals surface area contributed by atoms with Gasteiger partial charge in [0, 0.05) is 5.69 Å². The second-order valence-corrected chi connectivity index (χ2v) is 3.99. The molecule has 0 atom stereocenters. The van der Waals surface area contributed by atoms with Gasteiger partial charge in [-0.15, -0.1) is 0 Å². The lowest BCUT2D eigenvalue weighted by atomic mass is 10.1. The number of carboxylic acids is 1. The number of hydrogen-bond donors (Lipinski definition) is 3. The number of nitrogens with zero attached hydrogens (tertiary/aromatic N) is 2. The Balaban J connectivity index is 1.94. The molecule has 0 radical (unpaired) electrons. The minimum atomic E-state index is -1.00. The highest BCUT2D eigenvalue weighted by Crippen LogP contribution is 2.15. The molecule has 2 aromatic rings. The number of aryl methyl sites for hydroxylation is 1. The van der Waals surface area contributed by atoms with Crippen LogP contribution in [0.3, 0.4) is 0 Å². The van der Waals surface area contributed by atoms with Gasteiger partial charge in [0.05, 0.1) is 12.1 Å². The van der Waals surface area contributed by atoms with Gasteiger partial charge in [-0.3, -0.25) is 0 Å². The van der Waals surface area contributed by atoms with Crippen molar-refractivity contribution in [1.82, 2.24) is 15.5 Å². The molecule has 3 N–H and O–H groups in total. The number of rotatable bonds is 4. The highest BCUT2D eigenvalue weighted by atomic mass is 16.5. The summed E-state index contributed by atoms with van der Waals surface area (Å²) in [4.78, 5) is 26.2. The summed E-state index contributed by atoms with van der Waals surface area (Å²) in [7, 11) is 0. The minimum Gasteiger partial charge on any atom is -0.478 e. The van der Waals surface area contributed by atoms with E-state index in [2.05, 4.69) is 25.3 Å². The Kier molecular flexibility index (Phi) is 3.94. The molecule has 8 heteroatoms. The van der Waals surface area contributed by atoms with Crippen LogP contribution in [-0.4, -0.2) is 27.2 Å². The third-order valence-electron chi connectivity index (χ3n) is 2.53. The maximum absolute atomic E-state index is 11.6. The summed E-state index contributed by atoms with van der Waals surface area (Å²) in [6.45, 7) is 1.79. The van der Waals surface area contributed by atoms with E-state index in [0.29, 0.717) is 17.1 Å². The van der Waals surface area contributed by atoms with Crippen LogP contribution in [0.1, 0.15) is 21.7 Å². The Morgan fingerprint density at radius 3 is 2.80 bits per heavy atom. The van der Waals surface area contributed by atoms with Crippen molar-refractivity contribution in [3.8, 4) is 0 Å². The minimum absolute atomic E-state index is 0.133. The van der Waals surface area contributed by atoms with Crippen molar-refractivity contribution >= 4 is 17.7 Å². The summed E-state index contributed by atoms with van der Waals surface area (Å²) in [5, 5.41) is 17.6. The second kappa shape index (κ2) is 5.83. The average Bonchev–Trinajstić information content (AvgIpc) is 2.89. The van der Waals surface area contributed by atoms with Gasteiger partial charge in [-0.2, -0.15) is 4.98 Å². The SMILES string of the molecule is Cc1cc(NC(=O)NCc2ncon2)ccc1C(=O)O. The predicted octanol–water partition coefficient (Wildman–Crippen LogP) is 1.40. The number of amides is 2. The van der Waals surface area contributed by atoms with Crippen LogP contribution in [0.15, 0.2) is 29.1 Å². The van der Waals surface area contributed by atoms with Gasteiger partial charge >= 0.3 is 12.0 Å². The van der Waals surface area contributed by atoms with Gasteiger partial charge in [0.25, 0.3) is 0 Å². The first-order valence-electron chi connectivity index (χ1n) is 5.70. The van der Waals surface area contributed by atoms with Crippen molar-refractivity contribution in [2.24, 2.45) is 0 Å². The van der Waals surface area contributed by atoms with Crippen LogP contribution in [0.25, 0.3) is 0 Å². The fraction of sp³-hybridized carbons (Fsp3) is 0.167. The van der Waals surface area contributed by atoms with E-state index in [9.17, 15) is 9.59 Å². The van der Waals surface area contributed by atoms with E-state index in [1.165, 1.54) is 18.5 Å². The van der Waals surface area contributed by atoms with Gasteiger partial charge in [-0.05, 0) is 30.7 Å². The molecule has 104 valence electrons. The quantitative estimate of drug-likeness (QED) is 0.776. The summed E-state index contributed by atoms with van der Waals surface area (Å²) in [5.74, 6) is -0.645. The molecule has 0 aliphatic rings. The molecule has 0 unspecified atom stereocenters. The summed E-state index contributed by atoms with van der Waals surface area (Å²) in [6.07, 6.45) is 1.17. The number of carbonyl (C=O) groups is 2. The van der Waals surface area contributed by atoms with Crippen LogP contribution in [0.4, 0.5) is 10.5 Å². The van der Waals surface area contributed by atoms with Gasteiger partial charge in [-0.25, -0.2) is 9.59 Å². The predicted molar refractivity (Wildman–Crippen MR) is 68.3 cm³/mol. The maximum Gasteiger partial charge on any atom is 0.335 e. The summed E-state index contributed by atoms with van der Waals surface area (Å²) < 4.78 is 4.53. The first kappa shape index (κ1) is 13.5. The fourth-order valence-electron chi connectivity index (χ4n) is 1.59. The molecule has 0 aliphatic heterocycles. The van der Waals surface area contributed by atoms with Crippen molar-refractivity contribution < 1.29 is 19.2 Å². The zero-order chi connectivity index (χ0) is 14.5. The molecular weight excluding hydrogens is 264 g/mol. The number of aromatic carboxylic acids is 1. The number of carboxylic acid groups (broad SMARTS) is 1. The Morgan fingerprint density at radius 1 is 1.40 bits per heavy atom. The van der Waals surface area contributed by atoms with Crippen LogP contribution in [-0.2, 0) is 6.54 Å². The highest BCUT2D eigenvalue weighted by molar-refractivity contribution is 5.92. The zero-order valence-corrected chi connectivity index (χ0v) is 10.6. The maximum atomic E-state index is 11.6. The molecule has 0 aliphatic carbocycles. The number of urea groups is 1. The molecule has 0 spiro atoms. The molecule has 2 rings (SSSR count). The molecular formula is C12H12N4O4. The van der Waals surface area contributed by atoms with E-state index >= 15 is 0 Å². The lowest BCUT2D eigenvalue weighted by molar-refractivity contribution is 0.0696. The van der Waals surface area contributed by atoms with Crippen molar-refractivity contribution in [2.75, 3.05) is 5.32 Å². The van der Waals surface area contributed by atoms with E-state index in [0.717, 1.165) is 0 Å². The van der Waals surface area contributed by atoms with Crippen LogP contribution in [0.2, 0.25) is 0 Å². The average molecular weight is 276 g/mol. The van der Waals surface area contributed by atoms with Gasteiger partial charge in [0.2, 0.25) is 6.39 Å². The summed E-state index contributed by atoms with van der Waals surface area (Å²) in [6, 6.07) is 4.09. The number of benzene rings is 1. The van der Waals surface area contributed by atoms with E-state index in [4.69, 9.17) is 5.11 Å². The Morgan fingerprint density at radius 2 is 2.20 bits per heavy atom. The molecule has 20 heavy (non-hydrogen) atoms. The lowest BCUT2D eigenvalue weighted by Crippen LogP contribution is -2.28. The van der Waals surface area contributed by atoms with Gasteiger partial charge in [0.15, 0.2) is 5.82 Å². The molecule has 0 bridgehead atoms. The second-order valence-electron chi connectivity index (χ2n) is 3.99. The van der Waals surface area contributed by atoms with Gasteiger partial charge in [-0.1, -0.05) is 5.16 Å². The fourth-order valence-corrected chi connectivity index (χ4v) is 1.59. The van der Waals surface area contributed by atoms with Gasteiger partial charge < -0.3 is 20.3 Å².